The molecule has 0 spiro atoms. The van der Waals surface area contributed by atoms with Crippen LogP contribution in [-0.2, 0) is 14.3 Å². The van der Waals surface area contributed by atoms with E-state index < -0.39 is 11.5 Å². The van der Waals surface area contributed by atoms with Crippen molar-refractivity contribution in [2.24, 2.45) is 11.8 Å². The molecule has 5 heteroatoms. The highest BCUT2D eigenvalue weighted by Crippen LogP contribution is 2.33. The first kappa shape index (κ1) is 14.3. The first-order valence-corrected chi connectivity index (χ1v) is 7.11. The third-order valence-electron chi connectivity index (χ3n) is 4.48. The first-order chi connectivity index (χ1) is 8.94. The molecule has 5 nitrogen and oxygen atoms in total. The summed E-state index contributed by atoms with van der Waals surface area (Å²) in [6, 6.07) is 0. The van der Waals surface area contributed by atoms with Crippen molar-refractivity contribution in [2.75, 3.05) is 6.61 Å². The van der Waals surface area contributed by atoms with Crippen LogP contribution in [0.25, 0.3) is 0 Å². The number of aliphatic carboxylic acids is 1. The summed E-state index contributed by atoms with van der Waals surface area (Å²) in [4.78, 5) is 23.9. The Bertz CT molecular complexity index is 370. The Hall–Kier alpha value is -1.10. The summed E-state index contributed by atoms with van der Waals surface area (Å²) in [5, 5.41) is 12.3. The van der Waals surface area contributed by atoms with Gasteiger partial charge in [0.1, 0.15) is 5.54 Å². The van der Waals surface area contributed by atoms with Crippen molar-refractivity contribution in [3.05, 3.63) is 0 Å². The van der Waals surface area contributed by atoms with Gasteiger partial charge in [-0.15, -0.1) is 0 Å². The van der Waals surface area contributed by atoms with Crippen molar-refractivity contribution < 1.29 is 19.4 Å². The Morgan fingerprint density at radius 1 is 1.32 bits per heavy atom. The van der Waals surface area contributed by atoms with Gasteiger partial charge in [-0.05, 0) is 32.1 Å². The zero-order chi connectivity index (χ0) is 14.0. The molecule has 0 aromatic carbocycles. The second-order valence-corrected chi connectivity index (χ2v) is 6.05. The minimum absolute atomic E-state index is 0.119. The highest BCUT2D eigenvalue weighted by Gasteiger charge is 2.45. The summed E-state index contributed by atoms with van der Waals surface area (Å²) in [7, 11) is 0. The monoisotopic (exact) mass is 269 g/mol. The fourth-order valence-corrected chi connectivity index (χ4v) is 3.32. The number of hydrogen-bond acceptors (Lipinski definition) is 3. The van der Waals surface area contributed by atoms with E-state index in [0.717, 1.165) is 12.8 Å². The lowest BCUT2D eigenvalue weighted by atomic mass is 9.76. The molecule has 1 aliphatic heterocycles. The number of carbonyl (C=O) groups is 2. The van der Waals surface area contributed by atoms with Crippen LogP contribution in [0.4, 0.5) is 0 Å². The lowest BCUT2D eigenvalue weighted by molar-refractivity contribution is -0.151. The molecule has 2 N–H and O–H groups in total. The van der Waals surface area contributed by atoms with E-state index >= 15 is 0 Å². The van der Waals surface area contributed by atoms with E-state index in [9.17, 15) is 14.7 Å². The largest absolute Gasteiger partial charge is 0.480 e. The van der Waals surface area contributed by atoms with Crippen LogP contribution in [0.1, 0.15) is 46.0 Å². The van der Waals surface area contributed by atoms with Gasteiger partial charge in [0.25, 0.3) is 0 Å². The van der Waals surface area contributed by atoms with Crippen LogP contribution < -0.4 is 5.32 Å². The Morgan fingerprint density at radius 2 is 2.05 bits per heavy atom. The summed E-state index contributed by atoms with van der Waals surface area (Å²) in [5.41, 5.74) is -1.07. The molecule has 1 saturated carbocycles. The maximum Gasteiger partial charge on any atom is 0.329 e. The van der Waals surface area contributed by atoms with E-state index in [2.05, 4.69) is 5.32 Å². The lowest BCUT2D eigenvalue weighted by Gasteiger charge is -2.37. The van der Waals surface area contributed by atoms with Crippen LogP contribution in [0.2, 0.25) is 0 Å². The molecule has 1 amide bonds. The van der Waals surface area contributed by atoms with Gasteiger partial charge in [-0.25, -0.2) is 4.79 Å². The number of ether oxygens (including phenoxy) is 1. The SMILES string of the molecule is CC1CCCC(NC(=O)C2CCOC2C)(C(=O)O)C1. The summed E-state index contributed by atoms with van der Waals surface area (Å²) in [6.45, 7) is 4.49. The third-order valence-corrected chi connectivity index (χ3v) is 4.48. The topological polar surface area (TPSA) is 75.6 Å². The fraction of sp³-hybridized carbons (Fsp3) is 0.857. The Balaban J connectivity index is 2.08. The van der Waals surface area contributed by atoms with Crippen LogP contribution in [0.15, 0.2) is 0 Å². The molecule has 1 aliphatic carbocycles. The molecule has 2 aliphatic rings. The van der Waals surface area contributed by atoms with Crippen molar-refractivity contribution in [2.45, 2.75) is 57.6 Å². The van der Waals surface area contributed by atoms with Crippen molar-refractivity contribution >= 4 is 11.9 Å². The summed E-state index contributed by atoms with van der Waals surface area (Å²) in [5.74, 6) is -0.948. The van der Waals surface area contributed by atoms with Crippen LogP contribution in [-0.4, -0.2) is 35.2 Å². The molecular formula is C14H23NO4. The highest BCUT2D eigenvalue weighted by atomic mass is 16.5. The molecule has 108 valence electrons. The lowest BCUT2D eigenvalue weighted by Crippen LogP contribution is -2.58. The minimum Gasteiger partial charge on any atom is -0.480 e. The number of hydrogen-bond donors (Lipinski definition) is 2. The van der Waals surface area contributed by atoms with Gasteiger partial charge in [-0.1, -0.05) is 19.8 Å². The van der Waals surface area contributed by atoms with E-state index in [0.29, 0.717) is 31.8 Å². The Labute approximate surface area is 113 Å². The van der Waals surface area contributed by atoms with Crippen molar-refractivity contribution in [3.63, 3.8) is 0 Å². The second kappa shape index (κ2) is 5.49. The molecule has 1 saturated heterocycles. The van der Waals surface area contributed by atoms with Crippen LogP contribution in [0.3, 0.4) is 0 Å². The highest BCUT2D eigenvalue weighted by molar-refractivity contribution is 5.88. The molecule has 0 aromatic rings. The standard InChI is InChI=1S/C14H23NO4/c1-9-4-3-6-14(8-9,13(17)18)15-12(16)11-5-7-19-10(11)2/h9-11H,3-8H2,1-2H3,(H,15,16)(H,17,18). The molecule has 4 unspecified atom stereocenters. The molecule has 2 rings (SSSR count). The molecule has 1 heterocycles. The van der Waals surface area contributed by atoms with E-state index in [1.807, 2.05) is 13.8 Å². The van der Waals surface area contributed by atoms with Crippen molar-refractivity contribution in [3.8, 4) is 0 Å². The number of carboxylic acids is 1. The number of amides is 1. The van der Waals surface area contributed by atoms with Crippen LogP contribution in [0.5, 0.6) is 0 Å². The van der Waals surface area contributed by atoms with E-state index in [1.54, 1.807) is 0 Å². The first-order valence-electron chi connectivity index (χ1n) is 7.11. The molecule has 19 heavy (non-hydrogen) atoms. The fourth-order valence-electron chi connectivity index (χ4n) is 3.32. The number of carbonyl (C=O) groups excluding carboxylic acids is 1. The average molecular weight is 269 g/mol. The van der Waals surface area contributed by atoms with Gasteiger partial charge in [0.15, 0.2) is 0 Å². The molecule has 4 atom stereocenters. The molecule has 0 radical (unpaired) electrons. The number of carboxylic acid groups (broad SMARTS) is 1. The molecule has 2 fully saturated rings. The smallest absolute Gasteiger partial charge is 0.329 e. The Kier molecular flexibility index (Phi) is 4.13. The number of nitrogens with one attached hydrogen (secondary N) is 1. The van der Waals surface area contributed by atoms with Gasteiger partial charge in [-0.3, -0.25) is 4.79 Å². The van der Waals surface area contributed by atoms with Gasteiger partial charge in [0.2, 0.25) is 5.91 Å². The van der Waals surface area contributed by atoms with E-state index in [-0.39, 0.29) is 17.9 Å². The third kappa shape index (κ3) is 2.91. The Morgan fingerprint density at radius 3 is 2.58 bits per heavy atom. The average Bonchev–Trinajstić information content (AvgIpc) is 2.75. The van der Waals surface area contributed by atoms with Crippen molar-refractivity contribution in [1.82, 2.24) is 5.32 Å². The zero-order valence-electron chi connectivity index (χ0n) is 11.6. The van der Waals surface area contributed by atoms with Gasteiger partial charge in [0, 0.05) is 6.61 Å². The molecular weight excluding hydrogens is 246 g/mol. The molecule has 0 bridgehead atoms. The van der Waals surface area contributed by atoms with Crippen LogP contribution >= 0.6 is 0 Å². The maximum absolute atomic E-state index is 12.3. The van der Waals surface area contributed by atoms with E-state index in [1.165, 1.54) is 0 Å². The minimum atomic E-state index is -1.07. The summed E-state index contributed by atoms with van der Waals surface area (Å²) in [6.07, 6.45) is 3.50. The van der Waals surface area contributed by atoms with Gasteiger partial charge < -0.3 is 15.2 Å². The predicted molar refractivity (Wildman–Crippen MR) is 69.7 cm³/mol. The normalized spacial score (nSPS) is 38.9. The van der Waals surface area contributed by atoms with E-state index in [4.69, 9.17) is 4.74 Å². The quantitative estimate of drug-likeness (QED) is 0.815. The van der Waals surface area contributed by atoms with Gasteiger partial charge >= 0.3 is 5.97 Å². The number of rotatable bonds is 3. The van der Waals surface area contributed by atoms with Crippen LogP contribution in [0, 0.1) is 11.8 Å². The second-order valence-electron chi connectivity index (χ2n) is 6.05. The zero-order valence-corrected chi connectivity index (χ0v) is 11.6. The summed E-state index contributed by atoms with van der Waals surface area (Å²) >= 11 is 0. The molecule has 0 aromatic heterocycles. The maximum atomic E-state index is 12.3. The van der Waals surface area contributed by atoms with Crippen molar-refractivity contribution in [1.29, 1.82) is 0 Å². The van der Waals surface area contributed by atoms with Gasteiger partial charge in [0.05, 0.1) is 12.0 Å². The predicted octanol–water partition coefficient (Wildman–Crippen LogP) is 1.56. The van der Waals surface area contributed by atoms with Gasteiger partial charge in [-0.2, -0.15) is 0 Å². The summed E-state index contributed by atoms with van der Waals surface area (Å²) < 4.78 is 5.38.